The van der Waals surface area contributed by atoms with E-state index in [2.05, 4.69) is 4.99 Å². The molecule has 1 atom stereocenters. The molecule has 1 aromatic heterocycles. The van der Waals surface area contributed by atoms with E-state index in [-0.39, 0.29) is 24.5 Å². The van der Waals surface area contributed by atoms with E-state index in [1.54, 1.807) is 38.1 Å². The molecule has 5 rings (SSSR count). The fourth-order valence-electron chi connectivity index (χ4n) is 4.82. The first-order valence-corrected chi connectivity index (χ1v) is 14.1. The second-order valence-electron chi connectivity index (χ2n) is 9.60. The SMILES string of the molecule is CCOC(=O)C1=C(C)N=c2s/c(=C/c3ccc(OC)c(COc4cccc(C(F)(F)F)c4)c3)c(=O)n2C1c1ccccc1. The largest absolute Gasteiger partial charge is 0.496 e. The van der Waals surface area contributed by atoms with Crippen molar-refractivity contribution in [3.8, 4) is 11.5 Å². The number of thiazole rings is 1. The molecule has 1 aliphatic rings. The van der Waals surface area contributed by atoms with Gasteiger partial charge in [0.15, 0.2) is 4.80 Å². The Morgan fingerprint density at radius 3 is 2.53 bits per heavy atom. The molecule has 0 radical (unpaired) electrons. The van der Waals surface area contributed by atoms with Gasteiger partial charge in [-0.3, -0.25) is 9.36 Å². The number of alkyl halides is 3. The maximum absolute atomic E-state index is 13.8. The zero-order chi connectivity index (χ0) is 30.7. The zero-order valence-electron chi connectivity index (χ0n) is 23.5. The van der Waals surface area contributed by atoms with Crippen molar-refractivity contribution in [3.63, 3.8) is 0 Å². The third-order valence-corrected chi connectivity index (χ3v) is 7.77. The third kappa shape index (κ3) is 6.26. The summed E-state index contributed by atoms with van der Waals surface area (Å²) in [6.07, 6.45) is -2.79. The van der Waals surface area contributed by atoms with Crippen LogP contribution in [0.5, 0.6) is 11.5 Å². The van der Waals surface area contributed by atoms with Gasteiger partial charge in [0.05, 0.1) is 41.1 Å². The molecule has 0 aliphatic carbocycles. The molecule has 2 heterocycles. The van der Waals surface area contributed by atoms with E-state index in [4.69, 9.17) is 14.2 Å². The Kier molecular flexibility index (Phi) is 8.54. The van der Waals surface area contributed by atoms with Crippen LogP contribution in [0.25, 0.3) is 6.08 Å². The summed E-state index contributed by atoms with van der Waals surface area (Å²) >= 11 is 1.19. The summed E-state index contributed by atoms with van der Waals surface area (Å²) in [6, 6.07) is 18.3. The van der Waals surface area contributed by atoms with Gasteiger partial charge in [-0.1, -0.05) is 53.8 Å². The lowest BCUT2D eigenvalue weighted by Gasteiger charge is -2.24. The lowest BCUT2D eigenvalue weighted by atomic mass is 9.96. The summed E-state index contributed by atoms with van der Waals surface area (Å²) in [6.45, 7) is 3.55. The lowest BCUT2D eigenvalue weighted by Crippen LogP contribution is -2.39. The average molecular weight is 609 g/mol. The molecule has 11 heteroatoms. The quantitative estimate of drug-likeness (QED) is 0.250. The van der Waals surface area contributed by atoms with Crippen LogP contribution in [0, 0.1) is 0 Å². The van der Waals surface area contributed by atoms with Crippen molar-refractivity contribution >= 4 is 23.4 Å². The van der Waals surface area contributed by atoms with Crippen LogP contribution in [-0.4, -0.2) is 24.3 Å². The van der Waals surface area contributed by atoms with E-state index in [1.165, 1.54) is 35.1 Å². The molecule has 4 aromatic rings. The molecule has 1 unspecified atom stereocenters. The van der Waals surface area contributed by atoms with Crippen LogP contribution in [0.2, 0.25) is 0 Å². The van der Waals surface area contributed by atoms with Gasteiger partial charge in [0.25, 0.3) is 5.56 Å². The number of carbonyl (C=O) groups is 1. The fourth-order valence-corrected chi connectivity index (χ4v) is 5.86. The smallest absolute Gasteiger partial charge is 0.416 e. The fraction of sp³-hybridized carbons (Fsp3) is 0.219. The summed E-state index contributed by atoms with van der Waals surface area (Å²) < 4.78 is 57.7. The highest BCUT2D eigenvalue weighted by molar-refractivity contribution is 7.07. The molecule has 0 fully saturated rings. The second kappa shape index (κ2) is 12.3. The Morgan fingerprint density at radius 1 is 1.07 bits per heavy atom. The predicted molar refractivity (Wildman–Crippen MR) is 156 cm³/mol. The first kappa shape index (κ1) is 29.8. The number of hydrogen-bond acceptors (Lipinski definition) is 7. The predicted octanol–water partition coefficient (Wildman–Crippen LogP) is 5.40. The topological polar surface area (TPSA) is 79.1 Å². The van der Waals surface area contributed by atoms with Crippen molar-refractivity contribution in [1.82, 2.24) is 4.57 Å². The Bertz CT molecular complexity index is 1880. The van der Waals surface area contributed by atoms with Crippen LogP contribution in [-0.2, 0) is 22.3 Å². The summed E-state index contributed by atoms with van der Waals surface area (Å²) in [5.74, 6) is 0.00101. The molecule has 0 N–H and O–H groups in total. The lowest BCUT2D eigenvalue weighted by molar-refractivity contribution is -0.139. The van der Waals surface area contributed by atoms with E-state index in [9.17, 15) is 22.8 Å². The Morgan fingerprint density at radius 2 is 1.84 bits per heavy atom. The van der Waals surface area contributed by atoms with Gasteiger partial charge in [-0.05, 0) is 61.4 Å². The van der Waals surface area contributed by atoms with Crippen molar-refractivity contribution < 1.29 is 32.2 Å². The maximum Gasteiger partial charge on any atom is 0.416 e. The summed E-state index contributed by atoms with van der Waals surface area (Å²) in [5, 5.41) is 0. The standard InChI is InChI=1S/C32H27F3N2O5S/c1-4-41-30(39)27-19(2)36-31-37(28(27)21-9-6-5-7-10-21)29(38)26(43-31)16-20-13-14-25(40-3)22(15-20)18-42-24-12-8-11-23(17-24)32(33,34)35/h5-17,28H,4,18H2,1-3H3/b26-16+. The van der Waals surface area contributed by atoms with Gasteiger partial charge < -0.3 is 14.2 Å². The number of fused-ring (bicyclic) bond motifs is 1. The highest BCUT2D eigenvalue weighted by Crippen LogP contribution is 2.32. The molecule has 7 nitrogen and oxygen atoms in total. The van der Waals surface area contributed by atoms with Gasteiger partial charge in [0, 0.05) is 5.56 Å². The first-order valence-electron chi connectivity index (χ1n) is 13.3. The molecular weight excluding hydrogens is 581 g/mol. The van der Waals surface area contributed by atoms with Crippen LogP contribution in [0.15, 0.2) is 93.9 Å². The number of nitrogens with zero attached hydrogens (tertiary/aromatic N) is 2. The van der Waals surface area contributed by atoms with Gasteiger partial charge in [-0.15, -0.1) is 0 Å². The highest BCUT2D eigenvalue weighted by Gasteiger charge is 2.33. The van der Waals surface area contributed by atoms with Crippen LogP contribution in [0.1, 0.15) is 42.1 Å². The Balaban J connectivity index is 1.53. The van der Waals surface area contributed by atoms with Gasteiger partial charge in [-0.2, -0.15) is 13.2 Å². The third-order valence-electron chi connectivity index (χ3n) is 6.79. The van der Waals surface area contributed by atoms with Crippen LogP contribution in [0.4, 0.5) is 13.2 Å². The van der Waals surface area contributed by atoms with Crippen molar-refractivity contribution in [2.24, 2.45) is 4.99 Å². The number of aromatic nitrogens is 1. The van der Waals surface area contributed by atoms with Gasteiger partial charge in [0.2, 0.25) is 0 Å². The molecule has 0 bridgehead atoms. The number of hydrogen-bond donors (Lipinski definition) is 0. The molecule has 43 heavy (non-hydrogen) atoms. The number of carbonyl (C=O) groups excluding carboxylic acids is 1. The van der Waals surface area contributed by atoms with Crippen molar-refractivity contribution in [2.45, 2.75) is 32.7 Å². The summed E-state index contributed by atoms with van der Waals surface area (Å²) in [7, 11) is 1.48. The maximum atomic E-state index is 13.8. The van der Waals surface area contributed by atoms with E-state index < -0.39 is 23.8 Å². The van der Waals surface area contributed by atoms with Crippen LogP contribution in [0.3, 0.4) is 0 Å². The molecule has 222 valence electrons. The minimum atomic E-state index is -4.49. The minimum absolute atomic E-state index is 0.0595. The monoisotopic (exact) mass is 608 g/mol. The summed E-state index contributed by atoms with van der Waals surface area (Å²) in [4.78, 5) is 31.9. The molecule has 1 aliphatic heterocycles. The number of ether oxygens (including phenoxy) is 3. The van der Waals surface area contributed by atoms with Gasteiger partial charge in [-0.25, -0.2) is 9.79 Å². The number of methoxy groups -OCH3 is 1. The minimum Gasteiger partial charge on any atom is -0.496 e. The van der Waals surface area contributed by atoms with Gasteiger partial charge >= 0.3 is 12.1 Å². The number of halogens is 3. The average Bonchev–Trinajstić information content (AvgIpc) is 3.29. The zero-order valence-corrected chi connectivity index (χ0v) is 24.3. The van der Waals surface area contributed by atoms with Crippen LogP contribution >= 0.6 is 11.3 Å². The molecule has 0 amide bonds. The second-order valence-corrected chi connectivity index (χ2v) is 10.6. The summed E-state index contributed by atoms with van der Waals surface area (Å²) in [5.41, 5.74) is 1.59. The first-order chi connectivity index (χ1) is 20.6. The van der Waals surface area contributed by atoms with Crippen molar-refractivity contribution in [3.05, 3.63) is 126 Å². The highest BCUT2D eigenvalue weighted by atomic mass is 32.1. The molecular formula is C32H27F3N2O5S. The van der Waals surface area contributed by atoms with Crippen LogP contribution < -0.4 is 24.4 Å². The Hall–Kier alpha value is -4.64. The van der Waals surface area contributed by atoms with E-state index >= 15 is 0 Å². The number of allylic oxidation sites excluding steroid dienone is 1. The van der Waals surface area contributed by atoms with E-state index in [0.29, 0.717) is 37.5 Å². The molecule has 0 spiro atoms. The van der Waals surface area contributed by atoms with Gasteiger partial charge in [0.1, 0.15) is 18.1 Å². The molecule has 0 saturated heterocycles. The normalized spacial score (nSPS) is 15.1. The van der Waals surface area contributed by atoms with Crippen molar-refractivity contribution in [2.75, 3.05) is 13.7 Å². The number of benzene rings is 3. The van der Waals surface area contributed by atoms with Crippen molar-refractivity contribution in [1.29, 1.82) is 0 Å². The number of rotatable bonds is 8. The number of esters is 1. The molecule has 0 saturated carbocycles. The molecule has 3 aromatic carbocycles. The van der Waals surface area contributed by atoms with E-state index in [1.807, 2.05) is 30.3 Å². The Labute approximate surface area is 248 Å². The van der Waals surface area contributed by atoms with E-state index in [0.717, 1.165) is 17.7 Å².